The van der Waals surface area contributed by atoms with E-state index < -0.39 is 5.82 Å². The van der Waals surface area contributed by atoms with Crippen molar-refractivity contribution in [1.82, 2.24) is 0 Å². The smallest absolute Gasteiger partial charge is 0.143 e. The summed E-state index contributed by atoms with van der Waals surface area (Å²) in [7, 11) is 0. The highest BCUT2D eigenvalue weighted by atomic mass is 79.9. The molecule has 0 spiro atoms. The summed E-state index contributed by atoms with van der Waals surface area (Å²) in [6.07, 6.45) is 0. The first-order valence-corrected chi connectivity index (χ1v) is 6.00. The normalized spacial score (nSPS) is 10.3. The van der Waals surface area contributed by atoms with Crippen LogP contribution in [0.4, 0.5) is 21.5 Å². The summed E-state index contributed by atoms with van der Waals surface area (Å²) in [5.74, 6) is -0.465. The zero-order valence-corrected chi connectivity index (χ0v) is 11.0. The minimum atomic E-state index is -0.465. The van der Waals surface area contributed by atoms with Crippen LogP contribution in [0.3, 0.4) is 0 Å². The average Bonchev–Trinajstić information content (AvgIpc) is 2.27. The van der Waals surface area contributed by atoms with Gasteiger partial charge in [0.25, 0.3) is 0 Å². The maximum absolute atomic E-state index is 13.2. The molecular weight excluding hydrogens is 307 g/mol. The molecule has 0 radical (unpaired) electrons. The van der Waals surface area contributed by atoms with Gasteiger partial charge in [0.2, 0.25) is 0 Å². The van der Waals surface area contributed by atoms with E-state index in [-0.39, 0.29) is 5.02 Å². The van der Waals surface area contributed by atoms with Crippen LogP contribution >= 0.6 is 27.5 Å². The molecular formula is C12H9BrClFN2. The van der Waals surface area contributed by atoms with Crippen LogP contribution in [0.15, 0.2) is 40.9 Å². The number of nitrogen functional groups attached to an aromatic ring is 1. The zero-order chi connectivity index (χ0) is 12.4. The summed E-state index contributed by atoms with van der Waals surface area (Å²) in [6, 6.07) is 9.94. The van der Waals surface area contributed by atoms with Gasteiger partial charge in [-0.15, -0.1) is 0 Å². The van der Waals surface area contributed by atoms with Crippen molar-refractivity contribution in [1.29, 1.82) is 0 Å². The quantitative estimate of drug-likeness (QED) is 0.797. The Kier molecular flexibility index (Phi) is 3.54. The van der Waals surface area contributed by atoms with Crippen molar-refractivity contribution in [2.24, 2.45) is 0 Å². The number of hydrogen-bond acceptors (Lipinski definition) is 2. The molecule has 0 heterocycles. The lowest BCUT2D eigenvalue weighted by Gasteiger charge is -2.10. The molecule has 0 aromatic heterocycles. The highest BCUT2D eigenvalue weighted by Gasteiger charge is 2.03. The summed E-state index contributed by atoms with van der Waals surface area (Å²) in [5, 5.41) is 3.12. The van der Waals surface area contributed by atoms with Gasteiger partial charge in [0.15, 0.2) is 0 Å². The zero-order valence-electron chi connectivity index (χ0n) is 8.68. The van der Waals surface area contributed by atoms with Crippen LogP contribution in [0.25, 0.3) is 0 Å². The van der Waals surface area contributed by atoms with Gasteiger partial charge in [0.05, 0.1) is 16.4 Å². The molecule has 0 aliphatic rings. The molecule has 2 aromatic rings. The Morgan fingerprint density at radius 3 is 2.59 bits per heavy atom. The lowest BCUT2D eigenvalue weighted by atomic mass is 10.2. The largest absolute Gasteiger partial charge is 0.397 e. The summed E-state index contributed by atoms with van der Waals surface area (Å²) in [4.78, 5) is 0. The Bertz CT molecular complexity index is 560. The first kappa shape index (κ1) is 12.2. The molecule has 0 saturated carbocycles. The number of anilines is 3. The fourth-order valence-electron chi connectivity index (χ4n) is 1.38. The molecule has 0 amide bonds. The Morgan fingerprint density at radius 1 is 1.18 bits per heavy atom. The maximum atomic E-state index is 13.2. The highest BCUT2D eigenvalue weighted by molar-refractivity contribution is 9.10. The molecule has 0 atom stereocenters. The topological polar surface area (TPSA) is 38.0 Å². The number of nitrogens with one attached hydrogen (secondary N) is 1. The number of hydrogen-bond donors (Lipinski definition) is 2. The predicted octanol–water partition coefficient (Wildman–Crippen LogP) is 4.57. The second-order valence-electron chi connectivity index (χ2n) is 3.49. The van der Waals surface area contributed by atoms with E-state index in [1.54, 1.807) is 12.1 Å². The second kappa shape index (κ2) is 4.94. The van der Waals surface area contributed by atoms with E-state index in [9.17, 15) is 4.39 Å². The predicted molar refractivity (Wildman–Crippen MR) is 73.2 cm³/mol. The molecule has 2 nitrogen and oxygen atoms in total. The third-order valence-electron chi connectivity index (χ3n) is 2.21. The van der Waals surface area contributed by atoms with Crippen molar-refractivity contribution >= 4 is 44.6 Å². The van der Waals surface area contributed by atoms with Gasteiger partial charge in [-0.05, 0) is 36.4 Å². The monoisotopic (exact) mass is 314 g/mol. The minimum absolute atomic E-state index is 0.0966. The lowest BCUT2D eigenvalue weighted by molar-refractivity contribution is 0.629. The standard InChI is InChI=1S/C12H9BrClFN2/c13-7-1-4-12(11(16)5-7)17-8-2-3-9(14)10(15)6-8/h1-6,17H,16H2. The Labute approximate surface area is 112 Å². The first-order chi connectivity index (χ1) is 8.06. The third-order valence-corrected chi connectivity index (χ3v) is 3.01. The van der Waals surface area contributed by atoms with Crippen LogP contribution in [0.2, 0.25) is 5.02 Å². The molecule has 0 aliphatic heterocycles. The van der Waals surface area contributed by atoms with Crippen molar-refractivity contribution in [2.75, 3.05) is 11.1 Å². The molecule has 0 aliphatic carbocycles. The molecule has 0 saturated heterocycles. The van der Waals surface area contributed by atoms with Gasteiger partial charge in [-0.1, -0.05) is 27.5 Å². The van der Waals surface area contributed by atoms with Crippen molar-refractivity contribution in [3.8, 4) is 0 Å². The van der Waals surface area contributed by atoms with E-state index in [2.05, 4.69) is 21.2 Å². The van der Waals surface area contributed by atoms with Gasteiger partial charge in [-0.2, -0.15) is 0 Å². The highest BCUT2D eigenvalue weighted by Crippen LogP contribution is 2.27. The molecule has 0 bridgehead atoms. The Morgan fingerprint density at radius 2 is 1.94 bits per heavy atom. The van der Waals surface area contributed by atoms with Gasteiger partial charge < -0.3 is 11.1 Å². The first-order valence-electron chi connectivity index (χ1n) is 4.83. The molecule has 5 heteroatoms. The SMILES string of the molecule is Nc1cc(Br)ccc1Nc1ccc(Cl)c(F)c1. The summed E-state index contributed by atoms with van der Waals surface area (Å²) in [5.41, 5.74) is 7.72. The second-order valence-corrected chi connectivity index (χ2v) is 4.81. The molecule has 17 heavy (non-hydrogen) atoms. The van der Waals surface area contributed by atoms with Crippen LogP contribution in [0.1, 0.15) is 0 Å². The van der Waals surface area contributed by atoms with Gasteiger partial charge in [0, 0.05) is 10.2 Å². The van der Waals surface area contributed by atoms with Gasteiger partial charge in [0.1, 0.15) is 5.82 Å². The van der Waals surface area contributed by atoms with Crippen molar-refractivity contribution < 1.29 is 4.39 Å². The van der Waals surface area contributed by atoms with Gasteiger partial charge in [-0.25, -0.2) is 4.39 Å². The van der Waals surface area contributed by atoms with Crippen LogP contribution in [-0.2, 0) is 0 Å². The van der Waals surface area contributed by atoms with Gasteiger partial charge in [-0.3, -0.25) is 0 Å². The van der Waals surface area contributed by atoms with E-state index >= 15 is 0 Å². The number of benzene rings is 2. The van der Waals surface area contributed by atoms with Crippen LogP contribution in [0.5, 0.6) is 0 Å². The Balaban J connectivity index is 2.28. The van der Waals surface area contributed by atoms with Crippen molar-refractivity contribution in [2.45, 2.75) is 0 Å². The van der Waals surface area contributed by atoms with Crippen molar-refractivity contribution in [3.63, 3.8) is 0 Å². The summed E-state index contributed by atoms with van der Waals surface area (Å²) < 4.78 is 14.1. The number of halogens is 3. The fourth-order valence-corrected chi connectivity index (χ4v) is 1.87. The Hall–Kier alpha value is -1.26. The van der Waals surface area contributed by atoms with Crippen LogP contribution in [-0.4, -0.2) is 0 Å². The number of rotatable bonds is 2. The van der Waals surface area contributed by atoms with Crippen molar-refractivity contribution in [3.05, 3.63) is 51.7 Å². The third kappa shape index (κ3) is 2.90. The molecule has 0 fully saturated rings. The average molecular weight is 316 g/mol. The number of nitrogens with two attached hydrogens (primary N) is 1. The van der Waals surface area contributed by atoms with E-state index in [4.69, 9.17) is 17.3 Å². The molecule has 0 unspecified atom stereocenters. The molecule has 3 N–H and O–H groups in total. The summed E-state index contributed by atoms with van der Waals surface area (Å²) >= 11 is 8.92. The van der Waals surface area contributed by atoms with E-state index in [0.717, 1.165) is 10.2 Å². The van der Waals surface area contributed by atoms with E-state index in [0.29, 0.717) is 11.4 Å². The minimum Gasteiger partial charge on any atom is -0.397 e. The molecule has 88 valence electrons. The van der Waals surface area contributed by atoms with E-state index in [1.165, 1.54) is 12.1 Å². The lowest BCUT2D eigenvalue weighted by Crippen LogP contribution is -1.96. The maximum Gasteiger partial charge on any atom is 0.143 e. The fraction of sp³-hybridized carbons (Fsp3) is 0. The van der Waals surface area contributed by atoms with Crippen LogP contribution in [0, 0.1) is 5.82 Å². The molecule has 2 rings (SSSR count). The van der Waals surface area contributed by atoms with E-state index in [1.807, 2.05) is 12.1 Å². The molecule has 2 aromatic carbocycles. The summed E-state index contributed by atoms with van der Waals surface area (Å²) in [6.45, 7) is 0. The van der Waals surface area contributed by atoms with Gasteiger partial charge >= 0.3 is 0 Å². The van der Waals surface area contributed by atoms with Crippen LogP contribution < -0.4 is 11.1 Å².